The van der Waals surface area contributed by atoms with Crippen LogP contribution in [-0.2, 0) is 4.79 Å². The van der Waals surface area contributed by atoms with E-state index in [1.54, 1.807) is 0 Å². The summed E-state index contributed by atoms with van der Waals surface area (Å²) in [7, 11) is 0. The van der Waals surface area contributed by atoms with Crippen molar-refractivity contribution in [3.63, 3.8) is 0 Å². The summed E-state index contributed by atoms with van der Waals surface area (Å²) in [5.74, 6) is -3.95. The molecule has 2 aromatic carbocycles. The molecule has 0 aliphatic carbocycles. The molecule has 4 nitrogen and oxygen atoms in total. The molecule has 1 N–H and O–H groups in total. The van der Waals surface area contributed by atoms with E-state index in [0.29, 0.717) is 0 Å². The Balaban J connectivity index is 2.20. The second-order valence-corrected chi connectivity index (χ2v) is 4.88. The lowest BCUT2D eigenvalue weighted by Crippen LogP contribution is -2.11. The minimum Gasteiger partial charge on any atom is -0.435 e. The lowest BCUT2D eigenvalue weighted by Gasteiger charge is -2.11. The van der Waals surface area contributed by atoms with Crippen LogP contribution in [0.3, 0.4) is 0 Å². The number of rotatable bonds is 7. The average molecular weight is 391 g/mol. The van der Waals surface area contributed by atoms with Gasteiger partial charge in [-0.3, -0.25) is 4.79 Å². The maximum Gasteiger partial charge on any atom is 0.387 e. The Labute approximate surface area is 149 Å². The molecule has 0 aromatic heterocycles. The first-order valence-electron chi connectivity index (χ1n) is 7.23. The van der Waals surface area contributed by atoms with Crippen molar-refractivity contribution in [3.8, 4) is 11.5 Å². The number of anilines is 1. The summed E-state index contributed by atoms with van der Waals surface area (Å²) in [6.07, 6.45) is 1.80. The topological polar surface area (TPSA) is 47.6 Å². The van der Waals surface area contributed by atoms with Gasteiger partial charge in [0.1, 0.15) is 28.8 Å². The van der Waals surface area contributed by atoms with E-state index in [0.717, 1.165) is 48.6 Å². The molecule has 0 unspecified atom stereocenters. The van der Waals surface area contributed by atoms with Crippen LogP contribution in [0.1, 0.15) is 5.56 Å². The Morgan fingerprint density at radius 1 is 0.963 bits per heavy atom. The highest BCUT2D eigenvalue weighted by Crippen LogP contribution is 2.28. The van der Waals surface area contributed by atoms with Gasteiger partial charge in [0.2, 0.25) is 5.91 Å². The number of carbonyl (C=O) groups is 1. The molecule has 0 spiro atoms. The monoisotopic (exact) mass is 391 g/mol. The largest absolute Gasteiger partial charge is 0.435 e. The van der Waals surface area contributed by atoms with Crippen molar-refractivity contribution in [2.24, 2.45) is 0 Å². The number of ether oxygens (including phenoxy) is 2. The van der Waals surface area contributed by atoms with Crippen molar-refractivity contribution in [2.75, 3.05) is 5.32 Å². The minimum absolute atomic E-state index is 0.0823. The number of hydrogen-bond acceptors (Lipinski definition) is 3. The zero-order valence-electron chi connectivity index (χ0n) is 13.3. The van der Waals surface area contributed by atoms with Gasteiger partial charge < -0.3 is 14.8 Å². The second kappa shape index (κ2) is 8.97. The summed E-state index contributed by atoms with van der Waals surface area (Å²) in [5, 5.41) is 1.96. The molecule has 0 radical (unpaired) electrons. The van der Waals surface area contributed by atoms with Gasteiger partial charge >= 0.3 is 13.2 Å². The maximum atomic E-state index is 13.5. The third-order valence-electron chi connectivity index (χ3n) is 3.05. The normalized spacial score (nSPS) is 11.3. The van der Waals surface area contributed by atoms with E-state index in [1.807, 2.05) is 5.32 Å². The first-order valence-corrected chi connectivity index (χ1v) is 7.23. The lowest BCUT2D eigenvalue weighted by molar-refractivity contribution is -0.111. The molecule has 0 atom stereocenters. The molecule has 0 saturated carbocycles. The standard InChI is InChI=1S/C17H11F6NO3/c18-11-2-1-3-12(19)15(11)24-14(25)7-5-9-4-6-10(26-16(20)21)8-13(9)27-17(22)23/h1-8,16-17H,(H,24,25). The predicted molar refractivity (Wildman–Crippen MR) is 83.7 cm³/mol. The van der Waals surface area contributed by atoms with E-state index < -0.39 is 48.0 Å². The number of hydrogen-bond donors (Lipinski definition) is 1. The third-order valence-corrected chi connectivity index (χ3v) is 3.05. The van der Waals surface area contributed by atoms with E-state index in [9.17, 15) is 31.1 Å². The van der Waals surface area contributed by atoms with Gasteiger partial charge in [0.05, 0.1) is 0 Å². The molecule has 0 fully saturated rings. The third kappa shape index (κ3) is 5.94. The van der Waals surface area contributed by atoms with Gasteiger partial charge in [-0.25, -0.2) is 8.78 Å². The molecule has 0 aliphatic rings. The number of nitrogens with one attached hydrogen (secondary N) is 1. The van der Waals surface area contributed by atoms with E-state index in [-0.39, 0.29) is 5.56 Å². The molecule has 0 bridgehead atoms. The van der Waals surface area contributed by atoms with Gasteiger partial charge in [-0.05, 0) is 30.3 Å². The molecule has 2 aromatic rings. The lowest BCUT2D eigenvalue weighted by atomic mass is 10.1. The number of alkyl halides is 4. The van der Waals surface area contributed by atoms with E-state index in [4.69, 9.17) is 0 Å². The van der Waals surface area contributed by atoms with Crippen LogP contribution in [0.25, 0.3) is 6.08 Å². The van der Waals surface area contributed by atoms with Crippen molar-refractivity contribution >= 4 is 17.7 Å². The van der Waals surface area contributed by atoms with Crippen LogP contribution in [0.15, 0.2) is 42.5 Å². The number of benzene rings is 2. The fourth-order valence-corrected chi connectivity index (χ4v) is 1.97. The summed E-state index contributed by atoms with van der Waals surface area (Å²) in [6.45, 7) is -6.44. The minimum atomic E-state index is -3.26. The summed E-state index contributed by atoms with van der Waals surface area (Å²) < 4.78 is 84.6. The van der Waals surface area contributed by atoms with Gasteiger partial charge in [-0.15, -0.1) is 0 Å². The molecule has 0 saturated heterocycles. The van der Waals surface area contributed by atoms with Crippen molar-refractivity contribution < 1.29 is 40.6 Å². The molecule has 0 heterocycles. The van der Waals surface area contributed by atoms with Crippen LogP contribution in [0, 0.1) is 11.6 Å². The summed E-state index contributed by atoms with van der Waals surface area (Å²) in [4.78, 5) is 11.8. The van der Waals surface area contributed by atoms with Crippen molar-refractivity contribution in [2.45, 2.75) is 13.2 Å². The molecular weight excluding hydrogens is 380 g/mol. The fourth-order valence-electron chi connectivity index (χ4n) is 1.97. The number of para-hydroxylation sites is 1. The molecule has 27 heavy (non-hydrogen) atoms. The van der Waals surface area contributed by atoms with Crippen molar-refractivity contribution in [3.05, 3.63) is 59.7 Å². The van der Waals surface area contributed by atoms with Crippen LogP contribution in [0.4, 0.5) is 32.0 Å². The molecule has 2 rings (SSSR count). The van der Waals surface area contributed by atoms with Crippen LogP contribution in [-0.4, -0.2) is 19.1 Å². The number of carbonyl (C=O) groups excluding carboxylic acids is 1. The summed E-state index contributed by atoms with van der Waals surface area (Å²) in [5.41, 5.74) is -0.766. The van der Waals surface area contributed by atoms with Crippen LogP contribution >= 0.6 is 0 Å². The Kier molecular flexibility index (Phi) is 6.69. The van der Waals surface area contributed by atoms with Crippen molar-refractivity contribution in [1.29, 1.82) is 0 Å². The first kappa shape index (κ1) is 20.1. The Bertz CT molecular complexity index is 821. The maximum absolute atomic E-state index is 13.5. The molecule has 0 aliphatic heterocycles. The molecular formula is C17H11F6NO3. The zero-order valence-corrected chi connectivity index (χ0v) is 13.3. The van der Waals surface area contributed by atoms with Gasteiger partial charge in [-0.2, -0.15) is 17.6 Å². The van der Waals surface area contributed by atoms with E-state index in [2.05, 4.69) is 9.47 Å². The Morgan fingerprint density at radius 2 is 1.59 bits per heavy atom. The van der Waals surface area contributed by atoms with E-state index in [1.165, 1.54) is 0 Å². The highest BCUT2D eigenvalue weighted by atomic mass is 19.3. The number of amides is 1. The molecule has 10 heteroatoms. The zero-order chi connectivity index (χ0) is 20.0. The van der Waals surface area contributed by atoms with Crippen LogP contribution in [0.2, 0.25) is 0 Å². The highest BCUT2D eigenvalue weighted by molar-refractivity contribution is 6.02. The summed E-state index contributed by atoms with van der Waals surface area (Å²) in [6, 6.07) is 5.87. The summed E-state index contributed by atoms with van der Waals surface area (Å²) >= 11 is 0. The molecule has 144 valence electrons. The van der Waals surface area contributed by atoms with Gasteiger partial charge in [0, 0.05) is 17.7 Å². The Hall–Kier alpha value is -3.17. The average Bonchev–Trinajstić information content (AvgIpc) is 2.56. The SMILES string of the molecule is O=C(C=Cc1ccc(OC(F)F)cc1OC(F)F)Nc1c(F)cccc1F. The fraction of sp³-hybridized carbons (Fsp3) is 0.118. The quantitative estimate of drug-likeness (QED) is 0.544. The van der Waals surface area contributed by atoms with Gasteiger partial charge in [-0.1, -0.05) is 6.07 Å². The molecule has 1 amide bonds. The smallest absolute Gasteiger partial charge is 0.387 e. The second-order valence-electron chi connectivity index (χ2n) is 4.88. The highest BCUT2D eigenvalue weighted by Gasteiger charge is 2.13. The van der Waals surface area contributed by atoms with E-state index >= 15 is 0 Å². The van der Waals surface area contributed by atoms with Gasteiger partial charge in [0.25, 0.3) is 0 Å². The number of halogens is 6. The van der Waals surface area contributed by atoms with Crippen LogP contribution < -0.4 is 14.8 Å². The van der Waals surface area contributed by atoms with Crippen molar-refractivity contribution in [1.82, 2.24) is 0 Å². The Morgan fingerprint density at radius 3 is 2.19 bits per heavy atom. The van der Waals surface area contributed by atoms with Gasteiger partial charge in [0.15, 0.2) is 0 Å². The first-order chi connectivity index (χ1) is 12.8. The predicted octanol–water partition coefficient (Wildman–Crippen LogP) is 4.82. The van der Waals surface area contributed by atoms with Crippen LogP contribution in [0.5, 0.6) is 11.5 Å².